The molecule has 0 aliphatic carbocycles. The Morgan fingerprint density at radius 2 is 1.76 bits per heavy atom. The van der Waals surface area contributed by atoms with Gasteiger partial charge in [-0.15, -0.1) is 0 Å². The van der Waals surface area contributed by atoms with Crippen LogP contribution in [0.1, 0.15) is 22.8 Å². The number of aryl methyl sites for hydroxylation is 1. The second kappa shape index (κ2) is 9.11. The average Bonchev–Trinajstić information content (AvgIpc) is 2.70. The fraction of sp³-hybridized carbons (Fsp3) is 0.333. The quantitative estimate of drug-likeness (QED) is 0.778. The van der Waals surface area contributed by atoms with Crippen LogP contribution in [-0.2, 0) is 4.79 Å². The van der Waals surface area contributed by atoms with E-state index in [4.69, 9.17) is 23.2 Å². The zero-order valence-electron chi connectivity index (χ0n) is 16.2. The lowest BCUT2D eigenvalue weighted by atomic mass is 10.1. The summed E-state index contributed by atoms with van der Waals surface area (Å²) >= 11 is 12.0. The summed E-state index contributed by atoms with van der Waals surface area (Å²) in [7, 11) is 0. The summed E-state index contributed by atoms with van der Waals surface area (Å²) in [5.74, 6) is -0.843. The summed E-state index contributed by atoms with van der Waals surface area (Å²) in [6.45, 7) is 5.76. The highest BCUT2D eigenvalue weighted by molar-refractivity contribution is 6.33. The van der Waals surface area contributed by atoms with Crippen LogP contribution >= 0.6 is 23.2 Å². The molecular formula is C21H22Cl2FN3O2. The number of piperazine rings is 1. The van der Waals surface area contributed by atoms with E-state index < -0.39 is 5.82 Å². The van der Waals surface area contributed by atoms with Gasteiger partial charge in [0.05, 0.1) is 16.6 Å². The Morgan fingerprint density at radius 1 is 1.07 bits per heavy atom. The topological polar surface area (TPSA) is 52.7 Å². The van der Waals surface area contributed by atoms with Gasteiger partial charge in [-0.3, -0.25) is 14.5 Å². The van der Waals surface area contributed by atoms with Crippen molar-refractivity contribution >= 4 is 40.7 Å². The maximum Gasteiger partial charge on any atom is 0.255 e. The molecule has 0 bridgehead atoms. The third-order valence-electron chi connectivity index (χ3n) is 5.15. The molecule has 0 saturated carbocycles. The Balaban J connectivity index is 1.58. The van der Waals surface area contributed by atoms with Crippen molar-refractivity contribution in [3.63, 3.8) is 0 Å². The lowest BCUT2D eigenvalue weighted by Crippen LogP contribution is -2.54. The molecule has 29 heavy (non-hydrogen) atoms. The summed E-state index contributed by atoms with van der Waals surface area (Å²) in [5, 5.41) is 3.58. The van der Waals surface area contributed by atoms with E-state index >= 15 is 0 Å². The Morgan fingerprint density at radius 3 is 2.41 bits per heavy atom. The third-order valence-corrected chi connectivity index (χ3v) is 5.70. The SMILES string of the molecule is Cc1ccc(Cl)cc1NC(=O)C(C)N1CCN(C(=O)c2ccc(F)cc2Cl)CC1. The van der Waals surface area contributed by atoms with Crippen molar-refractivity contribution in [1.82, 2.24) is 9.80 Å². The van der Waals surface area contributed by atoms with E-state index in [2.05, 4.69) is 5.32 Å². The minimum Gasteiger partial charge on any atom is -0.336 e. The number of hydrogen-bond acceptors (Lipinski definition) is 3. The predicted molar refractivity (Wildman–Crippen MR) is 113 cm³/mol. The molecule has 2 aromatic rings. The molecule has 8 heteroatoms. The molecule has 0 aromatic heterocycles. The van der Waals surface area contributed by atoms with Crippen molar-refractivity contribution in [3.05, 3.63) is 63.4 Å². The van der Waals surface area contributed by atoms with Crippen molar-refractivity contribution in [2.75, 3.05) is 31.5 Å². The van der Waals surface area contributed by atoms with E-state index in [1.807, 2.05) is 24.8 Å². The van der Waals surface area contributed by atoms with Gasteiger partial charge in [-0.25, -0.2) is 4.39 Å². The minimum atomic E-state index is -0.480. The predicted octanol–water partition coefficient (Wildman–Crippen LogP) is 4.23. The Kier molecular flexibility index (Phi) is 6.77. The molecule has 2 aromatic carbocycles. The molecule has 2 amide bonds. The Labute approximate surface area is 179 Å². The van der Waals surface area contributed by atoms with Gasteiger partial charge >= 0.3 is 0 Å². The fourth-order valence-corrected chi connectivity index (χ4v) is 3.70. The summed E-state index contributed by atoms with van der Waals surface area (Å²) < 4.78 is 13.2. The van der Waals surface area contributed by atoms with Crippen LogP contribution in [-0.4, -0.2) is 53.8 Å². The van der Waals surface area contributed by atoms with Gasteiger partial charge in [0.1, 0.15) is 5.82 Å². The maximum atomic E-state index is 13.2. The molecule has 5 nitrogen and oxygen atoms in total. The van der Waals surface area contributed by atoms with Crippen LogP contribution in [0.5, 0.6) is 0 Å². The molecule has 0 spiro atoms. The van der Waals surface area contributed by atoms with Crippen molar-refractivity contribution in [3.8, 4) is 0 Å². The Bertz CT molecular complexity index is 930. The first-order valence-electron chi connectivity index (χ1n) is 9.31. The molecule has 1 aliphatic rings. The van der Waals surface area contributed by atoms with Gasteiger partial charge in [-0.2, -0.15) is 0 Å². The van der Waals surface area contributed by atoms with Crippen LogP contribution < -0.4 is 5.32 Å². The summed E-state index contributed by atoms with van der Waals surface area (Å²) in [5.41, 5.74) is 1.90. The first-order valence-corrected chi connectivity index (χ1v) is 10.1. The zero-order valence-corrected chi connectivity index (χ0v) is 17.7. The summed E-state index contributed by atoms with van der Waals surface area (Å²) in [6, 6.07) is 8.75. The number of benzene rings is 2. The molecule has 154 valence electrons. The van der Waals surface area contributed by atoms with Crippen molar-refractivity contribution in [2.24, 2.45) is 0 Å². The summed E-state index contributed by atoms with van der Waals surface area (Å²) in [6.07, 6.45) is 0. The van der Waals surface area contributed by atoms with Gasteiger partial charge in [0, 0.05) is 36.9 Å². The molecule has 1 aliphatic heterocycles. The number of anilines is 1. The highest BCUT2D eigenvalue weighted by Crippen LogP contribution is 2.22. The van der Waals surface area contributed by atoms with Crippen molar-refractivity contribution < 1.29 is 14.0 Å². The normalized spacial score (nSPS) is 15.8. The van der Waals surface area contributed by atoms with E-state index in [1.54, 1.807) is 17.0 Å². The smallest absolute Gasteiger partial charge is 0.255 e. The number of halogens is 3. The molecule has 1 fully saturated rings. The molecule has 1 heterocycles. The van der Waals surface area contributed by atoms with E-state index in [0.717, 1.165) is 11.6 Å². The van der Waals surface area contributed by atoms with Crippen LogP contribution in [0.25, 0.3) is 0 Å². The number of amides is 2. The van der Waals surface area contributed by atoms with E-state index in [0.29, 0.717) is 36.9 Å². The van der Waals surface area contributed by atoms with Gasteiger partial charge in [0.2, 0.25) is 5.91 Å². The molecule has 1 atom stereocenters. The number of rotatable bonds is 4. The molecular weight excluding hydrogens is 416 g/mol. The highest BCUT2D eigenvalue weighted by atomic mass is 35.5. The first-order chi connectivity index (χ1) is 13.8. The zero-order chi connectivity index (χ0) is 21.1. The van der Waals surface area contributed by atoms with Crippen LogP contribution in [0.15, 0.2) is 36.4 Å². The monoisotopic (exact) mass is 437 g/mol. The lowest BCUT2D eigenvalue weighted by Gasteiger charge is -2.37. The summed E-state index contributed by atoms with van der Waals surface area (Å²) in [4.78, 5) is 29.0. The van der Waals surface area contributed by atoms with Gasteiger partial charge in [-0.05, 0) is 49.7 Å². The molecule has 1 N–H and O–H groups in total. The van der Waals surface area contributed by atoms with Crippen LogP contribution in [0.2, 0.25) is 10.0 Å². The Hall–Kier alpha value is -2.15. The van der Waals surface area contributed by atoms with Gasteiger partial charge < -0.3 is 10.2 Å². The number of carbonyl (C=O) groups is 2. The number of hydrogen-bond donors (Lipinski definition) is 1. The van der Waals surface area contributed by atoms with Crippen LogP contribution in [0.3, 0.4) is 0 Å². The van der Waals surface area contributed by atoms with Crippen molar-refractivity contribution in [2.45, 2.75) is 19.9 Å². The molecule has 0 radical (unpaired) electrons. The molecule has 3 rings (SSSR count). The minimum absolute atomic E-state index is 0.0991. The van der Waals surface area contributed by atoms with Crippen molar-refractivity contribution in [1.29, 1.82) is 0 Å². The largest absolute Gasteiger partial charge is 0.336 e. The highest BCUT2D eigenvalue weighted by Gasteiger charge is 2.28. The second-order valence-corrected chi connectivity index (χ2v) is 7.92. The standard InChI is InChI=1S/C21H22Cl2FN3O2/c1-13-3-4-15(22)11-19(13)25-20(28)14(2)26-7-9-27(10-8-26)21(29)17-6-5-16(24)12-18(17)23/h3-6,11-12,14H,7-10H2,1-2H3,(H,25,28). The molecule has 1 unspecified atom stereocenters. The van der Waals surface area contributed by atoms with Gasteiger partial charge in [0.15, 0.2) is 0 Å². The first kappa shape index (κ1) is 21.6. The van der Waals surface area contributed by atoms with E-state index in [1.165, 1.54) is 12.1 Å². The van der Waals surface area contributed by atoms with Gasteiger partial charge in [-0.1, -0.05) is 29.3 Å². The third kappa shape index (κ3) is 5.07. The number of nitrogens with zero attached hydrogens (tertiary/aromatic N) is 2. The lowest BCUT2D eigenvalue weighted by molar-refractivity contribution is -0.121. The number of carbonyl (C=O) groups excluding carboxylic acids is 2. The fourth-order valence-electron chi connectivity index (χ4n) is 3.28. The number of nitrogens with one attached hydrogen (secondary N) is 1. The maximum absolute atomic E-state index is 13.2. The van der Waals surface area contributed by atoms with E-state index in [-0.39, 0.29) is 28.4 Å². The van der Waals surface area contributed by atoms with Crippen LogP contribution in [0.4, 0.5) is 10.1 Å². The van der Waals surface area contributed by atoms with Gasteiger partial charge in [0.25, 0.3) is 5.91 Å². The van der Waals surface area contributed by atoms with Crippen LogP contribution in [0, 0.1) is 12.7 Å². The molecule has 1 saturated heterocycles. The van der Waals surface area contributed by atoms with E-state index in [9.17, 15) is 14.0 Å². The average molecular weight is 438 g/mol. The second-order valence-electron chi connectivity index (χ2n) is 7.08.